The lowest BCUT2D eigenvalue weighted by Gasteiger charge is -2.28. The van der Waals surface area contributed by atoms with Gasteiger partial charge in [0.05, 0.1) is 5.25 Å². The maximum absolute atomic E-state index is 11.2. The molecule has 3 atom stereocenters. The lowest BCUT2D eigenvalue weighted by molar-refractivity contribution is 0.308. The standard InChI is InChI=1S/C10H22O3S/c1-6-8(4)10(14(11,12)13)9(5)7(2)3/h7-10H,6H2,1-5H3,(H,11,12,13)/t8?,9?,10-/m0/s1. The van der Waals surface area contributed by atoms with E-state index in [1.165, 1.54) is 0 Å². The molecular weight excluding hydrogens is 200 g/mol. The quantitative estimate of drug-likeness (QED) is 0.727. The van der Waals surface area contributed by atoms with E-state index in [0.717, 1.165) is 6.42 Å². The Bertz CT molecular complexity index is 257. The van der Waals surface area contributed by atoms with Crippen molar-refractivity contribution in [1.29, 1.82) is 0 Å². The summed E-state index contributed by atoms with van der Waals surface area (Å²) in [5.74, 6) is 0.248. The Morgan fingerprint density at radius 3 is 1.79 bits per heavy atom. The maximum Gasteiger partial charge on any atom is 0.268 e. The van der Waals surface area contributed by atoms with E-state index in [1.807, 2.05) is 34.6 Å². The molecule has 0 radical (unpaired) electrons. The van der Waals surface area contributed by atoms with Crippen LogP contribution < -0.4 is 0 Å². The van der Waals surface area contributed by atoms with Gasteiger partial charge in [0.2, 0.25) is 0 Å². The molecule has 0 rings (SSSR count). The van der Waals surface area contributed by atoms with Crippen molar-refractivity contribution >= 4 is 10.1 Å². The largest absolute Gasteiger partial charge is 0.285 e. The van der Waals surface area contributed by atoms with Gasteiger partial charge in [-0.1, -0.05) is 41.0 Å². The van der Waals surface area contributed by atoms with Gasteiger partial charge in [-0.15, -0.1) is 0 Å². The molecule has 0 aromatic carbocycles. The Morgan fingerprint density at radius 2 is 1.57 bits per heavy atom. The molecule has 0 aromatic heterocycles. The summed E-state index contributed by atoms with van der Waals surface area (Å²) in [5, 5.41) is -0.632. The Kier molecular flexibility index (Phi) is 5.09. The predicted molar refractivity (Wildman–Crippen MR) is 58.8 cm³/mol. The molecule has 2 unspecified atom stereocenters. The van der Waals surface area contributed by atoms with Crippen molar-refractivity contribution in [3.05, 3.63) is 0 Å². The molecule has 0 amide bonds. The predicted octanol–water partition coefficient (Wildman–Crippen LogP) is 2.58. The second-order valence-electron chi connectivity index (χ2n) is 4.47. The van der Waals surface area contributed by atoms with Crippen molar-refractivity contribution in [1.82, 2.24) is 0 Å². The molecule has 0 aliphatic rings. The van der Waals surface area contributed by atoms with Crippen molar-refractivity contribution < 1.29 is 13.0 Å². The molecule has 0 heterocycles. The summed E-state index contributed by atoms with van der Waals surface area (Å²) < 4.78 is 31.6. The second kappa shape index (κ2) is 5.12. The van der Waals surface area contributed by atoms with E-state index >= 15 is 0 Å². The molecule has 3 nitrogen and oxygen atoms in total. The summed E-state index contributed by atoms with van der Waals surface area (Å²) in [6.45, 7) is 9.65. The molecular formula is C10H22O3S. The Morgan fingerprint density at radius 1 is 1.14 bits per heavy atom. The topological polar surface area (TPSA) is 54.4 Å². The van der Waals surface area contributed by atoms with Gasteiger partial charge in [-0.25, -0.2) is 0 Å². The normalized spacial score (nSPS) is 19.4. The van der Waals surface area contributed by atoms with E-state index in [-0.39, 0.29) is 17.8 Å². The van der Waals surface area contributed by atoms with Crippen LogP contribution in [0.3, 0.4) is 0 Å². The summed E-state index contributed by atoms with van der Waals surface area (Å²) in [7, 11) is -3.92. The lowest BCUT2D eigenvalue weighted by atomic mass is 9.87. The number of hydrogen-bond acceptors (Lipinski definition) is 2. The first-order valence-corrected chi connectivity index (χ1v) is 6.68. The molecule has 0 aromatic rings. The first-order chi connectivity index (χ1) is 6.21. The van der Waals surface area contributed by atoms with Gasteiger partial charge in [0, 0.05) is 0 Å². The SMILES string of the molecule is CCC(C)[C@@H](C(C)C(C)C)S(=O)(=O)O. The molecule has 0 saturated heterocycles. The van der Waals surface area contributed by atoms with Gasteiger partial charge in [-0.05, 0) is 17.8 Å². The minimum absolute atomic E-state index is 0.00222. The highest BCUT2D eigenvalue weighted by atomic mass is 32.2. The van der Waals surface area contributed by atoms with E-state index < -0.39 is 15.4 Å². The van der Waals surface area contributed by atoms with Crippen molar-refractivity contribution in [2.45, 2.75) is 46.3 Å². The maximum atomic E-state index is 11.2. The Hall–Kier alpha value is -0.0900. The van der Waals surface area contributed by atoms with Gasteiger partial charge < -0.3 is 0 Å². The van der Waals surface area contributed by atoms with Gasteiger partial charge in [-0.3, -0.25) is 4.55 Å². The first-order valence-electron chi connectivity index (χ1n) is 5.18. The fourth-order valence-corrected chi connectivity index (χ4v) is 3.33. The van der Waals surface area contributed by atoms with Gasteiger partial charge >= 0.3 is 0 Å². The zero-order chi connectivity index (χ0) is 11.5. The van der Waals surface area contributed by atoms with Crippen LogP contribution in [0.15, 0.2) is 0 Å². The van der Waals surface area contributed by atoms with E-state index in [9.17, 15) is 13.0 Å². The summed E-state index contributed by atoms with van der Waals surface area (Å²) in [6.07, 6.45) is 0.765. The van der Waals surface area contributed by atoms with Crippen LogP contribution in [-0.4, -0.2) is 18.2 Å². The summed E-state index contributed by atoms with van der Waals surface area (Å²) in [4.78, 5) is 0. The lowest BCUT2D eigenvalue weighted by Crippen LogP contribution is -2.36. The molecule has 0 fully saturated rings. The third-order valence-electron chi connectivity index (χ3n) is 3.12. The van der Waals surface area contributed by atoms with Crippen molar-refractivity contribution in [3.8, 4) is 0 Å². The highest BCUT2D eigenvalue weighted by Gasteiger charge is 2.34. The summed E-state index contributed by atoms with van der Waals surface area (Å²) in [6, 6.07) is 0. The van der Waals surface area contributed by atoms with E-state index in [4.69, 9.17) is 0 Å². The van der Waals surface area contributed by atoms with Crippen LogP contribution in [0.2, 0.25) is 0 Å². The molecule has 14 heavy (non-hydrogen) atoms. The van der Waals surface area contributed by atoms with Crippen molar-refractivity contribution in [2.24, 2.45) is 17.8 Å². The van der Waals surface area contributed by atoms with Gasteiger partial charge in [0.1, 0.15) is 0 Å². The van der Waals surface area contributed by atoms with Crippen molar-refractivity contribution in [2.75, 3.05) is 0 Å². The summed E-state index contributed by atoms with van der Waals surface area (Å²) >= 11 is 0. The van der Waals surface area contributed by atoms with Crippen LogP contribution in [-0.2, 0) is 10.1 Å². The smallest absolute Gasteiger partial charge is 0.268 e. The van der Waals surface area contributed by atoms with Gasteiger partial charge in [-0.2, -0.15) is 8.42 Å². The minimum atomic E-state index is -3.92. The highest BCUT2D eigenvalue weighted by molar-refractivity contribution is 7.86. The molecule has 0 saturated carbocycles. The fraction of sp³-hybridized carbons (Fsp3) is 1.00. The van der Waals surface area contributed by atoms with Crippen LogP contribution in [0.1, 0.15) is 41.0 Å². The number of rotatable bonds is 5. The Labute approximate surface area is 87.7 Å². The number of hydrogen-bond donors (Lipinski definition) is 1. The zero-order valence-corrected chi connectivity index (χ0v) is 10.5. The zero-order valence-electron chi connectivity index (χ0n) is 9.69. The van der Waals surface area contributed by atoms with Crippen LogP contribution >= 0.6 is 0 Å². The highest BCUT2D eigenvalue weighted by Crippen LogP contribution is 2.27. The molecule has 86 valence electrons. The molecule has 0 aliphatic carbocycles. The van der Waals surface area contributed by atoms with Crippen molar-refractivity contribution in [3.63, 3.8) is 0 Å². The minimum Gasteiger partial charge on any atom is -0.285 e. The molecule has 0 bridgehead atoms. The van der Waals surface area contributed by atoms with E-state index in [1.54, 1.807) is 0 Å². The van der Waals surface area contributed by atoms with E-state index in [0.29, 0.717) is 0 Å². The summed E-state index contributed by atoms with van der Waals surface area (Å²) in [5.41, 5.74) is 0. The van der Waals surface area contributed by atoms with Crippen LogP contribution in [0.5, 0.6) is 0 Å². The van der Waals surface area contributed by atoms with Crippen LogP contribution in [0.25, 0.3) is 0 Å². The molecule has 1 N–H and O–H groups in total. The third kappa shape index (κ3) is 3.58. The van der Waals surface area contributed by atoms with E-state index in [2.05, 4.69) is 0 Å². The second-order valence-corrected chi connectivity index (χ2v) is 6.04. The molecule has 0 aliphatic heterocycles. The third-order valence-corrected chi connectivity index (χ3v) is 4.70. The monoisotopic (exact) mass is 222 g/mol. The fourth-order valence-electron chi connectivity index (χ4n) is 1.69. The average molecular weight is 222 g/mol. The first kappa shape index (κ1) is 13.9. The van der Waals surface area contributed by atoms with Gasteiger partial charge in [0.15, 0.2) is 0 Å². The molecule has 0 spiro atoms. The Balaban J connectivity index is 4.92. The van der Waals surface area contributed by atoms with Gasteiger partial charge in [0.25, 0.3) is 10.1 Å². The van der Waals surface area contributed by atoms with Crippen LogP contribution in [0, 0.1) is 17.8 Å². The molecule has 4 heteroatoms. The van der Waals surface area contributed by atoms with Crippen LogP contribution in [0.4, 0.5) is 0 Å². The average Bonchev–Trinajstić information content (AvgIpc) is 2.01.